The van der Waals surface area contributed by atoms with E-state index in [9.17, 15) is 12.9 Å². The molecule has 6 heteroatoms. The van der Waals surface area contributed by atoms with Gasteiger partial charge in [-0.25, -0.2) is 0 Å². The van der Waals surface area contributed by atoms with Gasteiger partial charge in [-0.15, -0.1) is 0 Å². The zero-order valence-corrected chi connectivity index (χ0v) is 11.7. The Hall–Kier alpha value is 1.45. The average Bonchev–Trinajstić information content (AvgIpc) is 2.60. The monoisotopic (exact) mass is 231 g/mol. The minimum absolute atomic E-state index is 0. The molecule has 1 nitrogen and oxygen atoms in total. The van der Waals surface area contributed by atoms with E-state index in [4.69, 9.17) is 0 Å². The summed E-state index contributed by atoms with van der Waals surface area (Å²) in [5.41, 5.74) is -0.137. The Morgan fingerprint density at radius 3 is 2.36 bits per heavy atom. The molecule has 2 aliphatic rings. The number of nitrogens with one attached hydrogen (secondary N) is 1. The molecule has 0 aromatic carbocycles. The minimum atomic E-state index is -4.60. The predicted molar refractivity (Wildman–Crippen MR) is 46.6 cm³/mol. The Kier molecular flexibility index (Phi) is 4.59. The Balaban J connectivity index is 0.000000980. The van der Waals surface area contributed by atoms with Gasteiger partial charge in [-0.2, -0.15) is 0 Å². The fourth-order valence-electron chi connectivity index (χ4n) is 2.75. The van der Waals surface area contributed by atoms with E-state index in [1.54, 1.807) is 0 Å². The van der Waals surface area contributed by atoms with Crippen molar-refractivity contribution >= 4 is 6.98 Å². The van der Waals surface area contributed by atoms with Crippen molar-refractivity contribution in [1.82, 2.24) is 5.32 Å². The molecule has 0 aromatic heterocycles. The van der Waals surface area contributed by atoms with Crippen LogP contribution in [0.25, 0.3) is 0 Å². The van der Waals surface area contributed by atoms with Gasteiger partial charge >= 0.3 is 58.4 Å². The average molecular weight is 231 g/mol. The van der Waals surface area contributed by atoms with Crippen LogP contribution >= 0.6 is 0 Å². The minimum Gasteiger partial charge on any atom is -0.449 e. The fourth-order valence-corrected chi connectivity index (χ4v) is 2.75. The molecule has 1 N–H and O–H groups in total. The second-order valence-corrected chi connectivity index (χ2v) is 4.44. The summed E-state index contributed by atoms with van der Waals surface area (Å²) in [6.45, 7) is -3.70. The second kappa shape index (κ2) is 4.75. The van der Waals surface area contributed by atoms with Crippen LogP contribution in [0, 0.1) is 0 Å². The van der Waals surface area contributed by atoms with Gasteiger partial charge in [0.25, 0.3) is 0 Å². The summed E-state index contributed by atoms with van der Waals surface area (Å²) in [4.78, 5) is 0. The maximum atomic E-state index is 12.4. The van der Waals surface area contributed by atoms with Crippen molar-refractivity contribution < 1.29 is 64.3 Å². The first-order valence-corrected chi connectivity index (χ1v) is 4.97. The van der Waals surface area contributed by atoms with Gasteiger partial charge in [-0.1, -0.05) is 18.7 Å². The molecule has 1 saturated heterocycles. The first-order valence-electron chi connectivity index (χ1n) is 4.97. The molecule has 14 heavy (non-hydrogen) atoms. The number of hydrogen-bond acceptors (Lipinski definition) is 1. The summed E-state index contributed by atoms with van der Waals surface area (Å²) in [7, 11) is 0. The number of rotatable bonds is 1. The second-order valence-electron chi connectivity index (χ2n) is 4.44. The SMILES string of the molecule is F[B-](F)(F)C1CCC2(CCCN2)C1.[K+]. The van der Waals surface area contributed by atoms with E-state index >= 15 is 0 Å². The van der Waals surface area contributed by atoms with E-state index in [1.807, 2.05) is 0 Å². The molecule has 1 aliphatic heterocycles. The number of halogens is 3. The van der Waals surface area contributed by atoms with Crippen molar-refractivity contribution in [2.24, 2.45) is 0 Å². The van der Waals surface area contributed by atoms with E-state index in [0.717, 1.165) is 25.8 Å². The molecule has 1 heterocycles. The molecule has 2 fully saturated rings. The van der Waals surface area contributed by atoms with Crippen LogP contribution in [-0.2, 0) is 0 Å². The molecular formula is C8H14BF3KN. The van der Waals surface area contributed by atoms with Crippen LogP contribution < -0.4 is 56.7 Å². The molecule has 2 atom stereocenters. The van der Waals surface area contributed by atoms with Crippen molar-refractivity contribution in [1.29, 1.82) is 0 Å². The zero-order valence-electron chi connectivity index (χ0n) is 8.53. The molecule has 0 amide bonds. The number of hydrogen-bond donors (Lipinski definition) is 1. The quantitative estimate of drug-likeness (QED) is 0.601. The fraction of sp³-hybridized carbons (Fsp3) is 1.00. The van der Waals surface area contributed by atoms with E-state index < -0.39 is 12.8 Å². The van der Waals surface area contributed by atoms with Crippen molar-refractivity contribution in [2.75, 3.05) is 6.54 Å². The Bertz CT molecular complexity index is 203. The van der Waals surface area contributed by atoms with Gasteiger partial charge in [0, 0.05) is 5.54 Å². The third kappa shape index (κ3) is 2.77. The molecular weight excluding hydrogens is 217 g/mol. The van der Waals surface area contributed by atoms with Crippen LogP contribution in [0.1, 0.15) is 32.1 Å². The Morgan fingerprint density at radius 1 is 1.21 bits per heavy atom. The van der Waals surface area contributed by atoms with Gasteiger partial charge in [0.15, 0.2) is 0 Å². The molecule has 2 unspecified atom stereocenters. The van der Waals surface area contributed by atoms with E-state index in [0.29, 0.717) is 12.8 Å². The molecule has 1 saturated carbocycles. The Labute approximate surface area is 125 Å². The van der Waals surface area contributed by atoms with Crippen molar-refractivity contribution in [2.45, 2.75) is 43.5 Å². The van der Waals surface area contributed by atoms with Crippen molar-refractivity contribution in [3.63, 3.8) is 0 Å². The van der Waals surface area contributed by atoms with Crippen LogP contribution in [0.3, 0.4) is 0 Å². The van der Waals surface area contributed by atoms with Crippen LogP contribution in [0.2, 0.25) is 5.82 Å². The Morgan fingerprint density at radius 2 is 1.93 bits per heavy atom. The van der Waals surface area contributed by atoms with Gasteiger partial charge in [0.05, 0.1) is 0 Å². The van der Waals surface area contributed by atoms with Gasteiger partial charge in [-0.05, 0) is 25.8 Å². The maximum absolute atomic E-state index is 12.4. The molecule has 0 aromatic rings. The molecule has 1 aliphatic carbocycles. The smallest absolute Gasteiger partial charge is 0.449 e. The van der Waals surface area contributed by atoms with E-state index in [1.165, 1.54) is 0 Å². The summed E-state index contributed by atoms with van der Waals surface area (Å²) < 4.78 is 37.3. The normalized spacial score (nSPS) is 37.5. The summed E-state index contributed by atoms with van der Waals surface area (Å²) >= 11 is 0. The van der Waals surface area contributed by atoms with E-state index in [-0.39, 0.29) is 56.9 Å². The molecule has 0 radical (unpaired) electrons. The van der Waals surface area contributed by atoms with Crippen molar-refractivity contribution in [3.8, 4) is 0 Å². The third-order valence-electron chi connectivity index (χ3n) is 3.51. The zero-order chi connectivity index (χ0) is 9.53. The van der Waals surface area contributed by atoms with Gasteiger partial charge in [0.1, 0.15) is 0 Å². The molecule has 76 valence electrons. The van der Waals surface area contributed by atoms with Crippen LogP contribution in [0.4, 0.5) is 12.9 Å². The summed E-state index contributed by atoms with van der Waals surface area (Å²) in [6.07, 6.45) is 3.37. The van der Waals surface area contributed by atoms with Gasteiger partial charge in [-0.3, -0.25) is 0 Å². The van der Waals surface area contributed by atoms with Crippen LogP contribution in [0.5, 0.6) is 0 Å². The first-order chi connectivity index (χ1) is 6.02. The van der Waals surface area contributed by atoms with Crippen LogP contribution in [-0.4, -0.2) is 19.1 Å². The summed E-state index contributed by atoms with van der Waals surface area (Å²) in [6, 6.07) is 0. The standard InChI is InChI=1S/C8H14BF3N.K/c10-9(11,12)7-2-4-8(6-7)3-1-5-13-8;/h7,13H,1-6H2;/q-1;+1. The summed E-state index contributed by atoms with van der Waals surface area (Å²) in [5.74, 6) is -0.995. The molecule has 1 spiro atoms. The van der Waals surface area contributed by atoms with E-state index in [2.05, 4.69) is 5.32 Å². The summed E-state index contributed by atoms with van der Waals surface area (Å²) in [5, 5.41) is 3.24. The largest absolute Gasteiger partial charge is 1.00 e. The predicted octanol–water partition coefficient (Wildman–Crippen LogP) is -0.486. The molecule has 0 bridgehead atoms. The maximum Gasteiger partial charge on any atom is 1.00 e. The third-order valence-corrected chi connectivity index (χ3v) is 3.51. The van der Waals surface area contributed by atoms with Gasteiger partial charge < -0.3 is 18.3 Å². The molecule has 2 rings (SSSR count). The van der Waals surface area contributed by atoms with Crippen molar-refractivity contribution in [3.05, 3.63) is 0 Å². The topological polar surface area (TPSA) is 12.0 Å². The first kappa shape index (κ1) is 13.5. The van der Waals surface area contributed by atoms with Crippen LogP contribution in [0.15, 0.2) is 0 Å². The van der Waals surface area contributed by atoms with Gasteiger partial charge in [0.2, 0.25) is 0 Å².